The number of ether oxygens (including phenoxy) is 1. The minimum Gasteiger partial charge on any atom is -0.450 e. The Labute approximate surface area is 146 Å². The smallest absolute Gasteiger partial charge is 0.411 e. The summed E-state index contributed by atoms with van der Waals surface area (Å²) < 4.78 is 4.82. The zero-order chi connectivity index (χ0) is 17.6. The minimum atomic E-state index is -0.494. The Morgan fingerprint density at radius 3 is 2.32 bits per heavy atom. The van der Waals surface area contributed by atoms with Gasteiger partial charge in [0, 0.05) is 24.5 Å². The third-order valence-electron chi connectivity index (χ3n) is 4.08. The van der Waals surface area contributed by atoms with Crippen molar-refractivity contribution in [1.29, 1.82) is 0 Å². The Bertz CT molecular complexity index is 759. The third-order valence-corrected chi connectivity index (χ3v) is 4.08. The van der Waals surface area contributed by atoms with Gasteiger partial charge >= 0.3 is 12.1 Å². The van der Waals surface area contributed by atoms with Crippen LogP contribution in [0.2, 0.25) is 0 Å². The second-order valence-electron chi connectivity index (χ2n) is 5.79. The number of anilines is 2. The predicted molar refractivity (Wildman–Crippen MR) is 96.7 cm³/mol. The first kappa shape index (κ1) is 16.8. The molecule has 2 N–H and O–H groups in total. The Morgan fingerprint density at radius 1 is 1.00 bits per heavy atom. The van der Waals surface area contributed by atoms with Gasteiger partial charge in [-0.3, -0.25) is 5.32 Å². The molecule has 0 bridgehead atoms. The Hall–Kier alpha value is -3.02. The van der Waals surface area contributed by atoms with Gasteiger partial charge in [-0.25, -0.2) is 9.59 Å². The lowest BCUT2D eigenvalue weighted by Gasteiger charge is -2.29. The van der Waals surface area contributed by atoms with E-state index in [1.807, 2.05) is 12.1 Å². The number of benzene rings is 2. The molecule has 0 atom stereocenters. The summed E-state index contributed by atoms with van der Waals surface area (Å²) in [6.07, 6.45) is 0.373. The number of hydrogen-bond acceptors (Lipinski definition) is 3. The minimum absolute atomic E-state index is 0.124. The first-order valence-corrected chi connectivity index (χ1v) is 8.32. The van der Waals surface area contributed by atoms with Gasteiger partial charge in [0.05, 0.1) is 6.61 Å². The standard InChI is InChI=1S/C19H21N3O3/c1-2-25-19(24)21-17-9-7-16(8-10-17)20-18(23)22-12-11-14-5-3-4-6-15(14)13-22/h3-10H,2,11-13H2,1H3,(H,20,23)(H,21,24). The van der Waals surface area contributed by atoms with Gasteiger partial charge in [-0.05, 0) is 48.7 Å². The maximum Gasteiger partial charge on any atom is 0.411 e. The highest BCUT2D eigenvalue weighted by atomic mass is 16.5. The molecule has 2 aromatic carbocycles. The number of carbonyl (C=O) groups excluding carboxylic acids is 2. The fourth-order valence-corrected chi connectivity index (χ4v) is 2.79. The highest BCUT2D eigenvalue weighted by molar-refractivity contribution is 5.90. The number of hydrogen-bond donors (Lipinski definition) is 2. The fraction of sp³-hybridized carbons (Fsp3) is 0.263. The van der Waals surface area contributed by atoms with Crippen molar-refractivity contribution in [2.24, 2.45) is 0 Å². The van der Waals surface area contributed by atoms with Crippen LogP contribution < -0.4 is 10.6 Å². The van der Waals surface area contributed by atoms with Gasteiger partial charge < -0.3 is 15.0 Å². The summed E-state index contributed by atoms with van der Waals surface area (Å²) in [6, 6.07) is 15.0. The Balaban J connectivity index is 1.57. The van der Waals surface area contributed by atoms with E-state index in [1.165, 1.54) is 11.1 Å². The summed E-state index contributed by atoms with van der Waals surface area (Å²) in [5.41, 5.74) is 3.79. The molecule has 3 amide bonds. The Kier molecular flexibility index (Phi) is 5.18. The van der Waals surface area contributed by atoms with Crippen LogP contribution in [-0.4, -0.2) is 30.2 Å². The monoisotopic (exact) mass is 339 g/mol. The molecule has 6 nitrogen and oxygen atoms in total. The maximum atomic E-state index is 12.5. The lowest BCUT2D eigenvalue weighted by molar-refractivity contribution is 0.168. The number of carbonyl (C=O) groups is 2. The van der Waals surface area contributed by atoms with Gasteiger partial charge in [-0.15, -0.1) is 0 Å². The molecule has 1 aliphatic rings. The summed E-state index contributed by atoms with van der Waals surface area (Å²) >= 11 is 0. The van der Waals surface area contributed by atoms with Crippen molar-refractivity contribution in [2.75, 3.05) is 23.8 Å². The van der Waals surface area contributed by atoms with Crippen molar-refractivity contribution in [2.45, 2.75) is 19.9 Å². The molecule has 0 saturated heterocycles. The number of nitrogens with zero attached hydrogens (tertiary/aromatic N) is 1. The third kappa shape index (κ3) is 4.29. The van der Waals surface area contributed by atoms with E-state index in [2.05, 4.69) is 22.8 Å². The molecule has 0 spiro atoms. The quantitative estimate of drug-likeness (QED) is 0.892. The van der Waals surface area contributed by atoms with Gasteiger partial charge in [0.25, 0.3) is 0 Å². The van der Waals surface area contributed by atoms with Crippen LogP contribution in [0.1, 0.15) is 18.1 Å². The van der Waals surface area contributed by atoms with Gasteiger partial charge in [0.15, 0.2) is 0 Å². The summed E-state index contributed by atoms with van der Waals surface area (Å²) in [6.45, 7) is 3.38. The van der Waals surface area contributed by atoms with E-state index in [0.717, 1.165) is 6.42 Å². The predicted octanol–water partition coefficient (Wildman–Crippen LogP) is 3.85. The molecule has 0 unspecified atom stereocenters. The lowest BCUT2D eigenvalue weighted by Crippen LogP contribution is -2.38. The maximum absolute atomic E-state index is 12.5. The van der Waals surface area contributed by atoms with E-state index in [0.29, 0.717) is 31.1 Å². The largest absolute Gasteiger partial charge is 0.450 e. The zero-order valence-electron chi connectivity index (χ0n) is 14.1. The molecule has 2 aromatic rings. The van der Waals surface area contributed by atoms with E-state index in [9.17, 15) is 9.59 Å². The van der Waals surface area contributed by atoms with Crippen LogP contribution in [0, 0.1) is 0 Å². The number of fused-ring (bicyclic) bond motifs is 1. The summed E-state index contributed by atoms with van der Waals surface area (Å²) in [7, 11) is 0. The Morgan fingerprint density at radius 2 is 1.64 bits per heavy atom. The number of amides is 3. The van der Waals surface area contributed by atoms with Crippen molar-refractivity contribution < 1.29 is 14.3 Å². The van der Waals surface area contributed by atoms with E-state index < -0.39 is 6.09 Å². The van der Waals surface area contributed by atoms with E-state index in [1.54, 1.807) is 36.1 Å². The van der Waals surface area contributed by atoms with Crippen molar-refractivity contribution in [3.8, 4) is 0 Å². The second-order valence-corrected chi connectivity index (χ2v) is 5.79. The van der Waals surface area contributed by atoms with E-state index in [-0.39, 0.29) is 6.03 Å². The van der Waals surface area contributed by atoms with Crippen LogP contribution >= 0.6 is 0 Å². The second kappa shape index (κ2) is 7.70. The van der Waals surface area contributed by atoms with Crippen molar-refractivity contribution in [3.05, 3.63) is 59.7 Å². The molecule has 6 heteroatoms. The summed E-state index contributed by atoms with van der Waals surface area (Å²) in [5.74, 6) is 0. The molecule has 0 radical (unpaired) electrons. The summed E-state index contributed by atoms with van der Waals surface area (Å²) in [4.78, 5) is 25.6. The molecule has 25 heavy (non-hydrogen) atoms. The molecule has 0 saturated carbocycles. The van der Waals surface area contributed by atoms with Crippen LogP contribution in [0.4, 0.5) is 21.0 Å². The number of rotatable bonds is 3. The lowest BCUT2D eigenvalue weighted by atomic mass is 10.0. The van der Waals surface area contributed by atoms with Gasteiger partial charge in [-0.1, -0.05) is 24.3 Å². The van der Waals surface area contributed by atoms with Crippen molar-refractivity contribution in [3.63, 3.8) is 0 Å². The van der Waals surface area contributed by atoms with Crippen molar-refractivity contribution >= 4 is 23.5 Å². The van der Waals surface area contributed by atoms with Gasteiger partial charge in [-0.2, -0.15) is 0 Å². The number of nitrogens with one attached hydrogen (secondary N) is 2. The van der Waals surface area contributed by atoms with Crippen LogP contribution in [0.5, 0.6) is 0 Å². The van der Waals surface area contributed by atoms with Crippen LogP contribution in [0.3, 0.4) is 0 Å². The molecule has 0 aromatic heterocycles. The molecule has 130 valence electrons. The van der Waals surface area contributed by atoms with Crippen LogP contribution in [-0.2, 0) is 17.7 Å². The first-order valence-electron chi connectivity index (χ1n) is 8.32. The van der Waals surface area contributed by atoms with Crippen molar-refractivity contribution in [1.82, 2.24) is 4.90 Å². The molecule has 1 heterocycles. The summed E-state index contributed by atoms with van der Waals surface area (Å²) in [5, 5.41) is 5.50. The average Bonchev–Trinajstić information content (AvgIpc) is 2.63. The molecular formula is C19H21N3O3. The van der Waals surface area contributed by atoms with Crippen LogP contribution in [0.25, 0.3) is 0 Å². The van der Waals surface area contributed by atoms with Crippen LogP contribution in [0.15, 0.2) is 48.5 Å². The molecule has 3 rings (SSSR count). The van der Waals surface area contributed by atoms with E-state index >= 15 is 0 Å². The normalized spacial score (nSPS) is 12.9. The fourth-order valence-electron chi connectivity index (χ4n) is 2.79. The molecule has 0 aliphatic carbocycles. The molecule has 0 fully saturated rings. The van der Waals surface area contributed by atoms with E-state index in [4.69, 9.17) is 4.74 Å². The molecule has 1 aliphatic heterocycles. The van der Waals surface area contributed by atoms with Gasteiger partial charge in [0.2, 0.25) is 0 Å². The highest BCUT2D eigenvalue weighted by Crippen LogP contribution is 2.20. The SMILES string of the molecule is CCOC(=O)Nc1ccc(NC(=O)N2CCc3ccccc3C2)cc1. The first-order chi connectivity index (χ1) is 12.2. The number of urea groups is 1. The topological polar surface area (TPSA) is 70.7 Å². The molecular weight excluding hydrogens is 318 g/mol. The highest BCUT2D eigenvalue weighted by Gasteiger charge is 2.20. The average molecular weight is 339 g/mol. The zero-order valence-corrected chi connectivity index (χ0v) is 14.1. The van der Waals surface area contributed by atoms with Gasteiger partial charge in [0.1, 0.15) is 0 Å².